The van der Waals surface area contributed by atoms with Gasteiger partial charge in [-0.15, -0.1) is 10.2 Å². The number of anilines is 1. The van der Waals surface area contributed by atoms with E-state index in [1.807, 2.05) is 23.8 Å². The Morgan fingerprint density at radius 2 is 2.00 bits per heavy atom. The molecule has 0 radical (unpaired) electrons. The predicted octanol–water partition coefficient (Wildman–Crippen LogP) is 5.25. The highest BCUT2D eigenvalue weighted by atomic mass is 19.1. The van der Waals surface area contributed by atoms with Crippen LogP contribution in [0.15, 0.2) is 42.9 Å². The van der Waals surface area contributed by atoms with E-state index in [1.54, 1.807) is 24.5 Å². The molecular formula is C27H28FN7O. The third kappa shape index (κ3) is 3.98. The summed E-state index contributed by atoms with van der Waals surface area (Å²) in [6, 6.07) is 8.61. The molecule has 0 saturated heterocycles. The minimum atomic E-state index is -0.581. The van der Waals surface area contributed by atoms with Gasteiger partial charge in [0.2, 0.25) is 0 Å². The van der Waals surface area contributed by atoms with E-state index in [9.17, 15) is 9.18 Å². The fraction of sp³-hybridized carbons (Fsp3) is 0.370. The summed E-state index contributed by atoms with van der Waals surface area (Å²) in [4.78, 5) is 22.2. The summed E-state index contributed by atoms with van der Waals surface area (Å²) in [6.45, 7) is 6.20. The number of nitrogens with zero attached hydrogens (tertiary/aromatic N) is 6. The second kappa shape index (κ2) is 8.65. The van der Waals surface area contributed by atoms with E-state index in [4.69, 9.17) is 0 Å². The third-order valence-corrected chi connectivity index (χ3v) is 7.16. The summed E-state index contributed by atoms with van der Waals surface area (Å²) in [5, 5.41) is 11.5. The molecule has 0 bridgehead atoms. The summed E-state index contributed by atoms with van der Waals surface area (Å²) < 4.78 is 18.9. The SMILES string of the molecule is Cc1cc(F)c(C(=O)Nc2cccc(-c3nnc4n3[C@H](C(C)C)CC4)n2)cc1-n1cnc(C2CC2)c1. The van der Waals surface area contributed by atoms with Crippen molar-refractivity contribution in [1.82, 2.24) is 29.3 Å². The number of aromatic nitrogens is 6. The summed E-state index contributed by atoms with van der Waals surface area (Å²) in [7, 11) is 0. The van der Waals surface area contributed by atoms with Crippen LogP contribution in [0.25, 0.3) is 17.2 Å². The molecule has 0 unspecified atom stereocenters. The Balaban J connectivity index is 1.28. The predicted molar refractivity (Wildman–Crippen MR) is 134 cm³/mol. The molecule has 3 aromatic heterocycles. The zero-order chi connectivity index (χ0) is 25.0. The summed E-state index contributed by atoms with van der Waals surface area (Å²) in [5.41, 5.74) is 3.05. The van der Waals surface area contributed by atoms with Gasteiger partial charge in [0.1, 0.15) is 23.2 Å². The van der Waals surface area contributed by atoms with Gasteiger partial charge >= 0.3 is 0 Å². The second-order valence-corrected chi connectivity index (χ2v) is 10.1. The minimum Gasteiger partial charge on any atom is -0.306 e. The quantitative estimate of drug-likeness (QED) is 0.403. The van der Waals surface area contributed by atoms with Crippen LogP contribution in [0.1, 0.15) is 72.5 Å². The molecule has 1 atom stereocenters. The molecule has 4 aromatic rings. The van der Waals surface area contributed by atoms with Gasteiger partial charge in [0.05, 0.1) is 23.3 Å². The lowest BCUT2D eigenvalue weighted by Crippen LogP contribution is -2.16. The van der Waals surface area contributed by atoms with E-state index in [1.165, 1.54) is 6.07 Å². The van der Waals surface area contributed by atoms with E-state index in [0.717, 1.165) is 48.5 Å². The Morgan fingerprint density at radius 3 is 2.78 bits per heavy atom. The van der Waals surface area contributed by atoms with Gasteiger partial charge in [-0.2, -0.15) is 0 Å². The molecule has 1 aliphatic carbocycles. The molecule has 184 valence electrons. The molecule has 1 aliphatic heterocycles. The Kier molecular flexibility index (Phi) is 5.43. The topological polar surface area (TPSA) is 90.5 Å². The normalized spacial score (nSPS) is 17.0. The fourth-order valence-corrected chi connectivity index (χ4v) is 5.04. The maximum Gasteiger partial charge on any atom is 0.259 e. The second-order valence-electron chi connectivity index (χ2n) is 10.1. The molecule has 0 spiro atoms. The highest BCUT2D eigenvalue weighted by Gasteiger charge is 2.30. The van der Waals surface area contributed by atoms with Crippen molar-refractivity contribution in [2.24, 2.45) is 5.92 Å². The van der Waals surface area contributed by atoms with Crippen molar-refractivity contribution in [2.75, 3.05) is 5.32 Å². The number of amides is 1. The van der Waals surface area contributed by atoms with Gasteiger partial charge in [0, 0.05) is 24.6 Å². The Bertz CT molecular complexity index is 1470. The highest BCUT2D eigenvalue weighted by molar-refractivity contribution is 6.04. The van der Waals surface area contributed by atoms with Crippen LogP contribution in [0.3, 0.4) is 0 Å². The van der Waals surface area contributed by atoms with Crippen molar-refractivity contribution in [3.8, 4) is 17.2 Å². The number of carbonyl (C=O) groups is 1. The average molecular weight is 486 g/mol. The number of hydrogen-bond donors (Lipinski definition) is 1. The van der Waals surface area contributed by atoms with E-state index >= 15 is 0 Å². The lowest BCUT2D eigenvalue weighted by molar-refractivity contribution is 0.102. The van der Waals surface area contributed by atoms with Crippen molar-refractivity contribution in [3.05, 3.63) is 71.3 Å². The van der Waals surface area contributed by atoms with E-state index < -0.39 is 11.7 Å². The molecule has 1 saturated carbocycles. The van der Waals surface area contributed by atoms with Gasteiger partial charge < -0.3 is 14.5 Å². The summed E-state index contributed by atoms with van der Waals surface area (Å²) in [5.74, 6) is 1.78. The molecule has 8 nitrogen and oxygen atoms in total. The molecule has 2 aliphatic rings. The number of fused-ring (bicyclic) bond motifs is 1. The van der Waals surface area contributed by atoms with Gasteiger partial charge in [0.15, 0.2) is 5.82 Å². The number of aryl methyl sites for hydroxylation is 2. The van der Waals surface area contributed by atoms with E-state index in [0.29, 0.717) is 35.2 Å². The average Bonchev–Trinajstić information content (AvgIpc) is 3.24. The number of hydrogen-bond acceptors (Lipinski definition) is 5. The monoisotopic (exact) mass is 485 g/mol. The van der Waals surface area contributed by atoms with Gasteiger partial charge in [-0.25, -0.2) is 14.4 Å². The van der Waals surface area contributed by atoms with Crippen molar-refractivity contribution >= 4 is 11.7 Å². The first-order chi connectivity index (χ1) is 17.4. The van der Waals surface area contributed by atoms with Crippen LogP contribution < -0.4 is 5.32 Å². The van der Waals surface area contributed by atoms with Gasteiger partial charge in [-0.05, 0) is 61.9 Å². The van der Waals surface area contributed by atoms with Crippen LogP contribution in [0.2, 0.25) is 0 Å². The Morgan fingerprint density at radius 1 is 1.17 bits per heavy atom. The third-order valence-electron chi connectivity index (χ3n) is 7.16. The standard InChI is InChI=1S/C27H28FN7O/c1-15(2)22-9-10-25-32-33-26(35(22)25)20-5-4-6-24(30-20)31-27(36)18-12-23(16(3)11-19(18)28)34-13-21(29-14-34)17-7-8-17/h4-6,11-15,17,22H,7-10H2,1-3H3,(H,30,31,36)/t22-/m0/s1. The smallest absolute Gasteiger partial charge is 0.259 e. The molecular weight excluding hydrogens is 457 g/mol. The molecule has 1 aromatic carbocycles. The lowest BCUT2D eigenvalue weighted by Gasteiger charge is -2.18. The van der Waals surface area contributed by atoms with Crippen LogP contribution in [0.5, 0.6) is 0 Å². The van der Waals surface area contributed by atoms with E-state index in [2.05, 4.69) is 43.9 Å². The largest absolute Gasteiger partial charge is 0.306 e. The Labute approximate surface area is 208 Å². The number of carbonyl (C=O) groups excluding carboxylic acids is 1. The summed E-state index contributed by atoms with van der Waals surface area (Å²) in [6.07, 6.45) is 7.90. The molecule has 9 heteroatoms. The van der Waals surface area contributed by atoms with E-state index in [-0.39, 0.29) is 5.56 Å². The lowest BCUT2D eigenvalue weighted by atomic mass is 10.0. The van der Waals surface area contributed by atoms with Gasteiger partial charge in [0.25, 0.3) is 5.91 Å². The zero-order valence-electron chi connectivity index (χ0n) is 20.6. The molecule has 4 heterocycles. The number of pyridine rings is 1. The Hall–Kier alpha value is -3.88. The molecule has 1 fully saturated rings. The molecule has 36 heavy (non-hydrogen) atoms. The van der Waals surface area contributed by atoms with Crippen LogP contribution >= 0.6 is 0 Å². The van der Waals surface area contributed by atoms with Gasteiger partial charge in [-0.3, -0.25) is 4.79 Å². The van der Waals surface area contributed by atoms with Crippen molar-refractivity contribution in [3.63, 3.8) is 0 Å². The maximum absolute atomic E-state index is 14.9. The zero-order valence-corrected chi connectivity index (χ0v) is 20.6. The van der Waals surface area contributed by atoms with Crippen LogP contribution in [-0.2, 0) is 6.42 Å². The summed E-state index contributed by atoms with van der Waals surface area (Å²) >= 11 is 0. The minimum absolute atomic E-state index is 0.0484. The van der Waals surface area contributed by atoms with Crippen LogP contribution in [0, 0.1) is 18.7 Å². The first-order valence-corrected chi connectivity index (χ1v) is 12.5. The first kappa shape index (κ1) is 22.6. The number of imidazole rings is 1. The maximum atomic E-state index is 14.9. The van der Waals surface area contributed by atoms with Crippen LogP contribution in [-0.4, -0.2) is 35.2 Å². The van der Waals surface area contributed by atoms with Crippen molar-refractivity contribution < 1.29 is 9.18 Å². The number of rotatable bonds is 6. The van der Waals surface area contributed by atoms with Crippen molar-refractivity contribution in [1.29, 1.82) is 0 Å². The molecule has 6 rings (SSSR count). The highest BCUT2D eigenvalue weighted by Crippen LogP contribution is 2.39. The fourth-order valence-electron chi connectivity index (χ4n) is 5.04. The first-order valence-electron chi connectivity index (χ1n) is 12.5. The molecule has 1 amide bonds. The number of nitrogens with one attached hydrogen (secondary N) is 1. The number of halogens is 1. The van der Waals surface area contributed by atoms with Crippen LogP contribution in [0.4, 0.5) is 10.2 Å². The molecule has 1 N–H and O–H groups in total. The number of benzene rings is 1. The van der Waals surface area contributed by atoms with Gasteiger partial charge in [-0.1, -0.05) is 19.9 Å². The van der Waals surface area contributed by atoms with Crippen molar-refractivity contribution in [2.45, 2.75) is 58.4 Å².